The second-order valence-corrected chi connectivity index (χ2v) is 3.95. The maximum Gasteiger partial charge on any atom is 0.123 e. The van der Waals surface area contributed by atoms with Crippen molar-refractivity contribution < 1.29 is 9.13 Å². The molecular formula is C13H20FNO. The molecule has 16 heavy (non-hydrogen) atoms. The number of hydrogen-bond donors (Lipinski definition) is 1. The van der Waals surface area contributed by atoms with Gasteiger partial charge in [-0.3, -0.25) is 0 Å². The summed E-state index contributed by atoms with van der Waals surface area (Å²) in [5, 5.41) is 3.35. The lowest BCUT2D eigenvalue weighted by Crippen LogP contribution is -2.24. The van der Waals surface area contributed by atoms with E-state index in [4.69, 9.17) is 4.74 Å². The van der Waals surface area contributed by atoms with Crippen LogP contribution in [0.15, 0.2) is 24.3 Å². The van der Waals surface area contributed by atoms with E-state index in [1.54, 1.807) is 19.2 Å². The molecule has 0 spiro atoms. The fourth-order valence-corrected chi connectivity index (χ4v) is 1.63. The van der Waals surface area contributed by atoms with Crippen LogP contribution in [0.5, 0.6) is 0 Å². The molecule has 90 valence electrons. The van der Waals surface area contributed by atoms with Gasteiger partial charge in [-0.1, -0.05) is 19.8 Å². The van der Waals surface area contributed by atoms with Crippen molar-refractivity contribution in [1.29, 1.82) is 0 Å². The molecule has 0 aliphatic heterocycles. The summed E-state index contributed by atoms with van der Waals surface area (Å²) in [6, 6.07) is 6.74. The van der Waals surface area contributed by atoms with E-state index in [0.29, 0.717) is 12.6 Å². The molecule has 0 fully saturated rings. The molecule has 0 amide bonds. The van der Waals surface area contributed by atoms with Gasteiger partial charge < -0.3 is 10.1 Å². The predicted molar refractivity (Wildman–Crippen MR) is 65.2 cm³/mol. The summed E-state index contributed by atoms with van der Waals surface area (Å²) in [6.45, 7) is 2.85. The number of anilines is 1. The molecule has 0 saturated carbocycles. The third-order valence-corrected chi connectivity index (χ3v) is 2.49. The summed E-state index contributed by atoms with van der Waals surface area (Å²) < 4.78 is 17.9. The molecule has 0 heterocycles. The van der Waals surface area contributed by atoms with Gasteiger partial charge in [0.05, 0.1) is 6.61 Å². The van der Waals surface area contributed by atoms with Gasteiger partial charge in [0.2, 0.25) is 0 Å². The van der Waals surface area contributed by atoms with E-state index in [1.165, 1.54) is 25.0 Å². The molecule has 0 aliphatic rings. The number of hydrogen-bond acceptors (Lipinski definition) is 2. The van der Waals surface area contributed by atoms with Crippen molar-refractivity contribution >= 4 is 5.69 Å². The number of benzene rings is 1. The van der Waals surface area contributed by atoms with E-state index in [1.807, 2.05) is 0 Å². The molecule has 1 atom stereocenters. The minimum Gasteiger partial charge on any atom is -0.383 e. The van der Waals surface area contributed by atoms with Gasteiger partial charge in [-0.25, -0.2) is 4.39 Å². The van der Waals surface area contributed by atoms with Gasteiger partial charge in [0.1, 0.15) is 5.82 Å². The van der Waals surface area contributed by atoms with Crippen LogP contribution >= 0.6 is 0 Å². The van der Waals surface area contributed by atoms with Crippen LogP contribution < -0.4 is 5.32 Å². The lowest BCUT2D eigenvalue weighted by atomic mass is 10.1. The van der Waals surface area contributed by atoms with Gasteiger partial charge >= 0.3 is 0 Å². The van der Waals surface area contributed by atoms with Crippen LogP contribution in [0.1, 0.15) is 26.2 Å². The molecule has 1 unspecified atom stereocenters. The Kier molecular flexibility index (Phi) is 5.86. The van der Waals surface area contributed by atoms with Gasteiger partial charge in [0, 0.05) is 18.8 Å². The molecule has 0 bridgehead atoms. The highest BCUT2D eigenvalue weighted by Gasteiger charge is 2.07. The Hall–Kier alpha value is -1.09. The van der Waals surface area contributed by atoms with Crippen LogP contribution in [0, 0.1) is 5.82 Å². The van der Waals surface area contributed by atoms with Crippen LogP contribution in [0.4, 0.5) is 10.1 Å². The summed E-state index contributed by atoms with van der Waals surface area (Å²) in [7, 11) is 1.70. The third-order valence-electron chi connectivity index (χ3n) is 2.49. The minimum absolute atomic E-state index is 0.206. The van der Waals surface area contributed by atoms with Crippen molar-refractivity contribution in [3.05, 3.63) is 30.1 Å². The zero-order valence-electron chi connectivity index (χ0n) is 10.0. The van der Waals surface area contributed by atoms with Gasteiger partial charge in [0.15, 0.2) is 0 Å². The first kappa shape index (κ1) is 13.0. The Labute approximate surface area is 96.8 Å². The predicted octanol–water partition coefficient (Wildman–Crippen LogP) is 3.44. The van der Waals surface area contributed by atoms with E-state index < -0.39 is 0 Å². The molecule has 1 rings (SSSR count). The first-order valence-electron chi connectivity index (χ1n) is 5.77. The van der Waals surface area contributed by atoms with E-state index >= 15 is 0 Å². The van der Waals surface area contributed by atoms with Gasteiger partial charge in [0.25, 0.3) is 0 Å². The Morgan fingerprint density at radius 2 is 2.00 bits per heavy atom. The maximum atomic E-state index is 12.7. The van der Waals surface area contributed by atoms with E-state index in [9.17, 15) is 4.39 Å². The first-order valence-corrected chi connectivity index (χ1v) is 5.77. The Morgan fingerprint density at radius 1 is 1.31 bits per heavy atom. The topological polar surface area (TPSA) is 21.3 Å². The van der Waals surface area contributed by atoms with Crippen LogP contribution in [0.25, 0.3) is 0 Å². The van der Waals surface area contributed by atoms with Crippen LogP contribution in [0.2, 0.25) is 0 Å². The lowest BCUT2D eigenvalue weighted by molar-refractivity contribution is 0.182. The molecule has 0 aromatic heterocycles. The number of rotatable bonds is 7. The monoisotopic (exact) mass is 225 g/mol. The summed E-state index contributed by atoms with van der Waals surface area (Å²) in [6.07, 6.45) is 3.41. The molecule has 1 N–H and O–H groups in total. The molecule has 2 nitrogen and oxygen atoms in total. The van der Waals surface area contributed by atoms with Crippen LogP contribution in [-0.4, -0.2) is 19.8 Å². The average Bonchev–Trinajstić information content (AvgIpc) is 2.29. The van der Waals surface area contributed by atoms with Crippen LogP contribution in [-0.2, 0) is 4.74 Å². The number of nitrogens with one attached hydrogen (secondary N) is 1. The average molecular weight is 225 g/mol. The van der Waals surface area contributed by atoms with Crippen LogP contribution in [0.3, 0.4) is 0 Å². The molecule has 0 aliphatic carbocycles. The maximum absolute atomic E-state index is 12.7. The number of methoxy groups -OCH3 is 1. The zero-order valence-corrected chi connectivity index (χ0v) is 10.0. The zero-order chi connectivity index (χ0) is 11.8. The third kappa shape index (κ3) is 4.62. The van der Waals surface area contributed by atoms with Gasteiger partial charge in [-0.15, -0.1) is 0 Å². The van der Waals surface area contributed by atoms with E-state index in [2.05, 4.69) is 12.2 Å². The van der Waals surface area contributed by atoms with E-state index in [-0.39, 0.29) is 5.82 Å². The molecule has 0 saturated heterocycles. The Balaban J connectivity index is 2.49. The number of ether oxygens (including phenoxy) is 1. The molecular weight excluding hydrogens is 205 g/mol. The Morgan fingerprint density at radius 3 is 2.56 bits per heavy atom. The van der Waals surface area contributed by atoms with Crippen molar-refractivity contribution in [1.82, 2.24) is 0 Å². The van der Waals surface area contributed by atoms with Crippen molar-refractivity contribution in [3.8, 4) is 0 Å². The SMILES string of the molecule is CCCCC(COC)Nc1ccc(F)cc1. The van der Waals surface area contributed by atoms with Gasteiger partial charge in [-0.2, -0.15) is 0 Å². The first-order chi connectivity index (χ1) is 7.76. The largest absolute Gasteiger partial charge is 0.383 e. The smallest absolute Gasteiger partial charge is 0.123 e. The summed E-state index contributed by atoms with van der Waals surface area (Å²) in [5.41, 5.74) is 0.944. The Bertz CT molecular complexity index is 286. The number of halogens is 1. The second-order valence-electron chi connectivity index (χ2n) is 3.95. The highest BCUT2D eigenvalue weighted by Crippen LogP contribution is 2.12. The second kappa shape index (κ2) is 7.23. The standard InChI is InChI=1S/C13H20FNO/c1-3-4-5-13(10-16-2)15-12-8-6-11(14)7-9-12/h6-9,13,15H,3-5,10H2,1-2H3. The van der Waals surface area contributed by atoms with Crippen molar-refractivity contribution in [2.45, 2.75) is 32.2 Å². The summed E-state index contributed by atoms with van der Waals surface area (Å²) >= 11 is 0. The lowest BCUT2D eigenvalue weighted by Gasteiger charge is -2.18. The molecule has 1 aromatic carbocycles. The molecule has 0 radical (unpaired) electrons. The fraction of sp³-hybridized carbons (Fsp3) is 0.538. The highest BCUT2D eigenvalue weighted by molar-refractivity contribution is 5.43. The summed E-state index contributed by atoms with van der Waals surface area (Å²) in [5.74, 6) is -0.206. The quantitative estimate of drug-likeness (QED) is 0.767. The van der Waals surface area contributed by atoms with Crippen molar-refractivity contribution in [2.24, 2.45) is 0 Å². The minimum atomic E-state index is -0.206. The fourth-order valence-electron chi connectivity index (χ4n) is 1.63. The molecule has 3 heteroatoms. The van der Waals surface area contributed by atoms with Gasteiger partial charge in [-0.05, 0) is 30.7 Å². The number of unbranched alkanes of at least 4 members (excludes halogenated alkanes) is 1. The van der Waals surface area contributed by atoms with Crippen molar-refractivity contribution in [3.63, 3.8) is 0 Å². The van der Waals surface area contributed by atoms with Crippen molar-refractivity contribution in [2.75, 3.05) is 19.0 Å². The molecule has 1 aromatic rings. The normalized spacial score (nSPS) is 12.4. The van der Waals surface area contributed by atoms with E-state index in [0.717, 1.165) is 12.1 Å². The summed E-state index contributed by atoms with van der Waals surface area (Å²) in [4.78, 5) is 0. The highest BCUT2D eigenvalue weighted by atomic mass is 19.1.